The largest absolute Gasteiger partial charge is 0.466 e. The number of ether oxygens (including phenoxy) is 2. The number of aromatic amines is 1. The third kappa shape index (κ3) is 11.8. The van der Waals surface area contributed by atoms with Crippen LogP contribution in [0.15, 0.2) is 52.2 Å². The third-order valence-corrected chi connectivity index (χ3v) is 9.05. The zero-order valence-corrected chi connectivity index (χ0v) is 28.8. The molecule has 0 saturated carbocycles. The van der Waals surface area contributed by atoms with Crippen molar-refractivity contribution in [2.24, 2.45) is 11.3 Å². The second kappa shape index (κ2) is 18.0. The number of ketones is 1. The molecule has 1 aliphatic heterocycles. The lowest BCUT2D eigenvalue weighted by Crippen LogP contribution is -2.41. The molecule has 270 valence electrons. The zero-order valence-electron chi connectivity index (χ0n) is 28.8. The molecule has 14 heteroatoms. The van der Waals surface area contributed by atoms with E-state index >= 15 is 0 Å². The summed E-state index contributed by atoms with van der Waals surface area (Å²) in [7, 11) is 0. The van der Waals surface area contributed by atoms with Crippen molar-refractivity contribution in [1.29, 1.82) is 0 Å². The maximum atomic E-state index is 13.3. The van der Waals surface area contributed by atoms with Crippen molar-refractivity contribution in [3.05, 3.63) is 69.0 Å². The normalized spacial score (nSPS) is 21.0. The van der Waals surface area contributed by atoms with Crippen LogP contribution in [0.1, 0.15) is 90.9 Å². The lowest BCUT2D eigenvalue weighted by Gasteiger charge is -2.30. The molecule has 3 rings (SSSR count). The molecule has 5 N–H and O–H groups in total. The fourth-order valence-corrected chi connectivity index (χ4v) is 5.50. The standard InChI is InChI=1S/C35H50N4O10/c1-6-27(41)37-25(24(22-10-8-7-9-11-22)19-23(40)18-21(2)35(3,4)5)15-17-48-30(44)13-12-28(42)36-20-26-31(45)32(46)33(49-26)39-16-14-29(43)38-34(39)47/h7-11,14,16,21,24-26,31-33,45-46H,6,12-13,15,17-20H2,1-5H3,(H,36,42)(H,37,41)(H,38,43,47). The number of carbonyl (C=O) groups excluding carboxylic acids is 4. The van der Waals surface area contributed by atoms with Crippen molar-refractivity contribution in [2.45, 2.75) is 110 Å². The molecule has 14 nitrogen and oxygen atoms in total. The second-order valence-electron chi connectivity index (χ2n) is 13.6. The molecule has 0 spiro atoms. The van der Waals surface area contributed by atoms with E-state index in [-0.39, 0.29) is 74.2 Å². The third-order valence-electron chi connectivity index (χ3n) is 9.05. The molecule has 1 saturated heterocycles. The molecule has 7 unspecified atom stereocenters. The SMILES string of the molecule is CCC(=O)NC(CCOC(=O)CCC(=O)NCC1OC(n2ccc(=O)[nH]c2=O)C(O)C1O)C(CC(=O)CC(C)C(C)(C)C)c1ccccc1. The van der Waals surface area contributed by atoms with Gasteiger partial charge >= 0.3 is 11.7 Å². The van der Waals surface area contributed by atoms with Gasteiger partial charge in [-0.3, -0.25) is 33.5 Å². The van der Waals surface area contributed by atoms with E-state index in [1.54, 1.807) is 6.92 Å². The highest BCUT2D eigenvalue weighted by atomic mass is 16.6. The number of rotatable bonds is 17. The van der Waals surface area contributed by atoms with E-state index in [2.05, 4.69) is 38.3 Å². The van der Waals surface area contributed by atoms with Gasteiger partial charge in [0.2, 0.25) is 11.8 Å². The maximum absolute atomic E-state index is 13.3. The van der Waals surface area contributed by atoms with Crippen LogP contribution < -0.4 is 21.9 Å². The van der Waals surface area contributed by atoms with Gasteiger partial charge < -0.3 is 30.3 Å². The Balaban J connectivity index is 1.53. The van der Waals surface area contributed by atoms with Crippen LogP contribution in [-0.4, -0.2) is 80.8 Å². The minimum atomic E-state index is -1.50. The molecule has 0 bridgehead atoms. The van der Waals surface area contributed by atoms with Gasteiger partial charge in [-0.1, -0.05) is 65.0 Å². The first-order chi connectivity index (χ1) is 23.1. The Kier molecular flexibility index (Phi) is 14.5. The predicted octanol–water partition coefficient (Wildman–Crippen LogP) is 1.70. The monoisotopic (exact) mass is 686 g/mol. The number of aliphatic hydroxyl groups is 2. The minimum absolute atomic E-state index is 0.0379. The summed E-state index contributed by atoms with van der Waals surface area (Å²) in [5.41, 5.74) is -0.612. The summed E-state index contributed by atoms with van der Waals surface area (Å²) in [4.78, 5) is 76.2. The van der Waals surface area contributed by atoms with Gasteiger partial charge in [-0.15, -0.1) is 0 Å². The summed E-state index contributed by atoms with van der Waals surface area (Å²) in [6, 6.07) is 10.1. The smallest absolute Gasteiger partial charge is 0.330 e. The van der Waals surface area contributed by atoms with E-state index in [9.17, 15) is 39.0 Å². The van der Waals surface area contributed by atoms with E-state index < -0.39 is 53.7 Å². The summed E-state index contributed by atoms with van der Waals surface area (Å²) < 4.78 is 11.9. The highest BCUT2D eigenvalue weighted by Gasteiger charge is 2.44. The van der Waals surface area contributed by atoms with Crippen LogP contribution in [0, 0.1) is 11.3 Å². The van der Waals surface area contributed by atoms with Gasteiger partial charge in [0.05, 0.1) is 13.0 Å². The van der Waals surface area contributed by atoms with Crippen LogP contribution in [0.2, 0.25) is 0 Å². The summed E-state index contributed by atoms with van der Waals surface area (Å²) >= 11 is 0. The molecule has 1 aromatic carbocycles. The number of aromatic nitrogens is 2. The molecule has 1 fully saturated rings. The van der Waals surface area contributed by atoms with Crippen LogP contribution >= 0.6 is 0 Å². The average molecular weight is 687 g/mol. The maximum Gasteiger partial charge on any atom is 0.330 e. The van der Waals surface area contributed by atoms with Gasteiger partial charge in [0.25, 0.3) is 5.56 Å². The Labute approximate surface area is 285 Å². The van der Waals surface area contributed by atoms with Crippen molar-refractivity contribution in [3.63, 3.8) is 0 Å². The van der Waals surface area contributed by atoms with Gasteiger partial charge in [0.1, 0.15) is 24.1 Å². The van der Waals surface area contributed by atoms with Crippen LogP contribution in [0.25, 0.3) is 0 Å². The quantitative estimate of drug-likeness (QED) is 0.152. The number of benzene rings is 1. The van der Waals surface area contributed by atoms with Crippen molar-refractivity contribution in [1.82, 2.24) is 20.2 Å². The number of esters is 1. The predicted molar refractivity (Wildman–Crippen MR) is 179 cm³/mol. The Morgan fingerprint density at radius 2 is 1.69 bits per heavy atom. The number of carbonyl (C=O) groups is 4. The molecule has 7 atom stereocenters. The first-order valence-corrected chi connectivity index (χ1v) is 16.7. The summed E-state index contributed by atoms with van der Waals surface area (Å²) in [6.45, 7) is 9.82. The summed E-state index contributed by atoms with van der Waals surface area (Å²) in [6.07, 6.45) is -3.51. The molecular weight excluding hydrogens is 636 g/mol. The first-order valence-electron chi connectivity index (χ1n) is 16.7. The summed E-state index contributed by atoms with van der Waals surface area (Å²) in [5, 5.41) is 26.3. The van der Waals surface area contributed by atoms with Crippen LogP contribution in [0.4, 0.5) is 0 Å². The van der Waals surface area contributed by atoms with Gasteiger partial charge in [0.15, 0.2) is 6.23 Å². The van der Waals surface area contributed by atoms with Crippen molar-refractivity contribution in [2.75, 3.05) is 13.2 Å². The fraction of sp³-hybridized carbons (Fsp3) is 0.600. The Bertz CT molecular complexity index is 1530. The number of hydrogen-bond acceptors (Lipinski definition) is 10. The number of nitrogens with zero attached hydrogens (tertiary/aromatic N) is 1. The molecule has 0 aliphatic carbocycles. The lowest BCUT2D eigenvalue weighted by atomic mass is 9.77. The van der Waals surface area contributed by atoms with E-state index in [4.69, 9.17) is 9.47 Å². The average Bonchev–Trinajstić information content (AvgIpc) is 3.33. The second-order valence-corrected chi connectivity index (χ2v) is 13.6. The van der Waals surface area contributed by atoms with Crippen LogP contribution in [0.3, 0.4) is 0 Å². The van der Waals surface area contributed by atoms with E-state index in [1.807, 2.05) is 35.3 Å². The van der Waals surface area contributed by atoms with Crippen LogP contribution in [0.5, 0.6) is 0 Å². The number of H-pyrrole nitrogens is 1. The Morgan fingerprint density at radius 1 is 1.00 bits per heavy atom. The first kappa shape index (κ1) is 39.3. The number of nitrogens with one attached hydrogen (secondary N) is 3. The number of hydrogen-bond donors (Lipinski definition) is 5. The molecule has 2 amide bonds. The lowest BCUT2D eigenvalue weighted by molar-refractivity contribution is -0.145. The molecule has 2 aromatic rings. The van der Waals surface area contributed by atoms with Gasteiger partial charge in [-0.2, -0.15) is 0 Å². The molecule has 1 aromatic heterocycles. The molecule has 49 heavy (non-hydrogen) atoms. The van der Waals surface area contributed by atoms with Crippen molar-refractivity contribution < 1.29 is 38.9 Å². The fourth-order valence-electron chi connectivity index (χ4n) is 5.50. The van der Waals surface area contributed by atoms with E-state index in [1.165, 1.54) is 0 Å². The summed E-state index contributed by atoms with van der Waals surface area (Å²) in [5.74, 6) is -1.45. The number of Topliss-reactive ketones (excluding diaryl/α,β-unsaturated/α-hetero) is 1. The molecule has 0 radical (unpaired) electrons. The van der Waals surface area contributed by atoms with Gasteiger partial charge in [-0.25, -0.2) is 4.79 Å². The highest BCUT2D eigenvalue weighted by molar-refractivity contribution is 5.81. The molecular formula is C35H50N4O10. The van der Waals surface area contributed by atoms with E-state index in [0.29, 0.717) is 6.42 Å². The molecule has 1 aliphatic rings. The van der Waals surface area contributed by atoms with Crippen LogP contribution in [-0.2, 0) is 28.7 Å². The number of amides is 2. The topological polar surface area (TPSA) is 206 Å². The highest BCUT2D eigenvalue weighted by Crippen LogP contribution is 2.32. The van der Waals surface area contributed by atoms with Gasteiger partial charge in [0, 0.05) is 62.9 Å². The Hall–Kier alpha value is -4.14. The van der Waals surface area contributed by atoms with Gasteiger partial charge in [-0.05, 0) is 16.9 Å². The Morgan fingerprint density at radius 3 is 2.33 bits per heavy atom. The number of aliphatic hydroxyl groups excluding tert-OH is 2. The minimum Gasteiger partial charge on any atom is -0.466 e. The van der Waals surface area contributed by atoms with E-state index in [0.717, 1.165) is 22.4 Å². The zero-order chi connectivity index (χ0) is 36.3. The van der Waals surface area contributed by atoms with Crippen molar-refractivity contribution in [3.8, 4) is 0 Å². The van der Waals surface area contributed by atoms with Crippen molar-refractivity contribution >= 4 is 23.6 Å². The molecule has 2 heterocycles.